The maximum absolute atomic E-state index is 12.2. The minimum atomic E-state index is -0.0441. The SMILES string of the molecule is CCCCCCC(C)N1C(=O)CNC1c1cccc(Cl)c1. The fraction of sp³-hybridized carbons (Fsp3) is 0.588. The summed E-state index contributed by atoms with van der Waals surface area (Å²) in [5.41, 5.74) is 1.06. The number of hydrogen-bond acceptors (Lipinski definition) is 2. The fourth-order valence-electron chi connectivity index (χ4n) is 2.98. The van der Waals surface area contributed by atoms with Crippen LogP contribution in [0.1, 0.15) is 57.7 Å². The number of unbranched alkanes of at least 4 members (excludes halogenated alkanes) is 3. The molecule has 21 heavy (non-hydrogen) atoms. The Morgan fingerprint density at radius 1 is 1.38 bits per heavy atom. The van der Waals surface area contributed by atoms with Crippen molar-refractivity contribution in [2.75, 3.05) is 6.54 Å². The Morgan fingerprint density at radius 3 is 2.90 bits per heavy atom. The average Bonchev–Trinajstić information content (AvgIpc) is 2.85. The zero-order chi connectivity index (χ0) is 15.2. The molecule has 0 saturated carbocycles. The molecule has 3 nitrogen and oxygen atoms in total. The average molecular weight is 309 g/mol. The highest BCUT2D eigenvalue weighted by molar-refractivity contribution is 6.30. The van der Waals surface area contributed by atoms with Crippen LogP contribution in [0.25, 0.3) is 0 Å². The van der Waals surface area contributed by atoms with Gasteiger partial charge in [0.05, 0.1) is 6.54 Å². The first kappa shape index (κ1) is 16.3. The summed E-state index contributed by atoms with van der Waals surface area (Å²) in [6, 6.07) is 8.02. The molecule has 1 fully saturated rings. The number of benzene rings is 1. The quantitative estimate of drug-likeness (QED) is 0.768. The van der Waals surface area contributed by atoms with Gasteiger partial charge in [-0.15, -0.1) is 0 Å². The minimum absolute atomic E-state index is 0.0441. The molecular formula is C17H25ClN2O. The zero-order valence-electron chi connectivity index (χ0n) is 12.9. The first-order chi connectivity index (χ1) is 10.1. The van der Waals surface area contributed by atoms with Crippen LogP contribution in [-0.4, -0.2) is 23.4 Å². The van der Waals surface area contributed by atoms with Crippen molar-refractivity contribution >= 4 is 17.5 Å². The van der Waals surface area contributed by atoms with Gasteiger partial charge in [0, 0.05) is 11.1 Å². The predicted molar refractivity (Wildman–Crippen MR) is 87.3 cm³/mol. The second-order valence-corrected chi connectivity index (χ2v) is 6.27. The summed E-state index contributed by atoms with van der Waals surface area (Å²) in [5.74, 6) is 0.183. The Balaban J connectivity index is 2.02. The third-order valence-corrected chi connectivity index (χ3v) is 4.36. The topological polar surface area (TPSA) is 32.3 Å². The second-order valence-electron chi connectivity index (χ2n) is 5.84. The van der Waals surface area contributed by atoms with Crippen molar-refractivity contribution in [1.82, 2.24) is 10.2 Å². The van der Waals surface area contributed by atoms with E-state index >= 15 is 0 Å². The van der Waals surface area contributed by atoms with Gasteiger partial charge in [0.15, 0.2) is 0 Å². The number of rotatable bonds is 7. The lowest BCUT2D eigenvalue weighted by molar-refractivity contribution is -0.130. The molecule has 116 valence electrons. The molecular weight excluding hydrogens is 284 g/mol. The molecule has 1 aromatic rings. The van der Waals surface area contributed by atoms with Crippen molar-refractivity contribution in [2.45, 2.75) is 58.2 Å². The van der Waals surface area contributed by atoms with Gasteiger partial charge in [0.1, 0.15) is 6.17 Å². The van der Waals surface area contributed by atoms with Crippen LogP contribution in [-0.2, 0) is 4.79 Å². The van der Waals surface area contributed by atoms with Crippen molar-refractivity contribution in [3.63, 3.8) is 0 Å². The van der Waals surface area contributed by atoms with Gasteiger partial charge in [-0.1, -0.05) is 56.3 Å². The molecule has 0 bridgehead atoms. The normalized spacial score (nSPS) is 20.0. The van der Waals surface area contributed by atoms with Crippen molar-refractivity contribution in [3.05, 3.63) is 34.9 Å². The summed E-state index contributed by atoms with van der Waals surface area (Å²) in [7, 11) is 0. The number of nitrogens with one attached hydrogen (secondary N) is 1. The van der Waals surface area contributed by atoms with Gasteiger partial charge in [-0.2, -0.15) is 0 Å². The van der Waals surface area contributed by atoms with Crippen molar-refractivity contribution in [1.29, 1.82) is 0 Å². The van der Waals surface area contributed by atoms with Gasteiger partial charge in [0.25, 0.3) is 0 Å². The lowest BCUT2D eigenvalue weighted by atomic mass is 10.1. The van der Waals surface area contributed by atoms with E-state index in [1.807, 2.05) is 29.2 Å². The summed E-state index contributed by atoms with van der Waals surface area (Å²) in [6.45, 7) is 4.78. The van der Waals surface area contributed by atoms with Gasteiger partial charge in [-0.05, 0) is 31.0 Å². The van der Waals surface area contributed by atoms with Crippen LogP contribution in [0.15, 0.2) is 24.3 Å². The van der Waals surface area contributed by atoms with Crippen LogP contribution in [0.2, 0.25) is 5.02 Å². The van der Waals surface area contributed by atoms with Gasteiger partial charge in [-0.3, -0.25) is 10.1 Å². The van der Waals surface area contributed by atoms with Crippen LogP contribution >= 0.6 is 11.6 Å². The van der Waals surface area contributed by atoms with Crippen molar-refractivity contribution in [3.8, 4) is 0 Å². The summed E-state index contributed by atoms with van der Waals surface area (Å²) in [6.07, 6.45) is 5.96. The molecule has 0 aliphatic carbocycles. The standard InChI is InChI=1S/C17H25ClN2O/c1-3-4-5-6-8-13(2)20-16(21)12-19-17(20)14-9-7-10-15(18)11-14/h7,9-11,13,17,19H,3-6,8,12H2,1-2H3. The Kier molecular flexibility index (Phi) is 6.07. The largest absolute Gasteiger partial charge is 0.319 e. The van der Waals surface area contributed by atoms with Crippen molar-refractivity contribution in [2.24, 2.45) is 0 Å². The molecule has 1 aliphatic heterocycles. The lowest BCUT2D eigenvalue weighted by Gasteiger charge is -2.31. The molecule has 1 heterocycles. The summed E-state index contributed by atoms with van der Waals surface area (Å²) < 4.78 is 0. The smallest absolute Gasteiger partial charge is 0.238 e. The van der Waals surface area contributed by atoms with Crippen LogP contribution in [0, 0.1) is 0 Å². The molecule has 1 aromatic carbocycles. The van der Waals surface area contributed by atoms with E-state index in [1.165, 1.54) is 25.7 Å². The molecule has 2 unspecified atom stereocenters. The molecule has 0 radical (unpaired) electrons. The van der Waals surface area contributed by atoms with E-state index in [2.05, 4.69) is 19.2 Å². The fourth-order valence-corrected chi connectivity index (χ4v) is 3.18. The Bertz CT molecular complexity index is 478. The third kappa shape index (κ3) is 4.21. The van der Waals surface area contributed by atoms with Gasteiger partial charge in [-0.25, -0.2) is 0 Å². The highest BCUT2D eigenvalue weighted by atomic mass is 35.5. The molecule has 1 N–H and O–H groups in total. The molecule has 2 atom stereocenters. The summed E-state index contributed by atoms with van der Waals surface area (Å²) in [5, 5.41) is 4.01. The number of amides is 1. The van der Waals surface area contributed by atoms with E-state index < -0.39 is 0 Å². The number of nitrogens with zero attached hydrogens (tertiary/aromatic N) is 1. The highest BCUT2D eigenvalue weighted by Crippen LogP contribution is 2.28. The van der Waals surface area contributed by atoms with Crippen molar-refractivity contribution < 1.29 is 4.79 Å². The van der Waals surface area contributed by atoms with Crippen LogP contribution in [0.5, 0.6) is 0 Å². The summed E-state index contributed by atoms with van der Waals surface area (Å²) >= 11 is 6.07. The minimum Gasteiger partial charge on any atom is -0.319 e. The lowest BCUT2D eigenvalue weighted by Crippen LogP contribution is -2.37. The summed E-state index contributed by atoms with van der Waals surface area (Å²) in [4.78, 5) is 14.2. The van der Waals surface area contributed by atoms with Crippen LogP contribution in [0.3, 0.4) is 0 Å². The second kappa shape index (κ2) is 7.81. The molecule has 4 heteroatoms. The van der Waals surface area contributed by atoms with Gasteiger partial charge >= 0.3 is 0 Å². The van der Waals surface area contributed by atoms with E-state index in [0.717, 1.165) is 12.0 Å². The van der Waals surface area contributed by atoms with E-state index in [1.54, 1.807) is 0 Å². The van der Waals surface area contributed by atoms with Crippen LogP contribution < -0.4 is 5.32 Å². The number of carbonyl (C=O) groups excluding carboxylic acids is 1. The first-order valence-corrected chi connectivity index (χ1v) is 8.31. The Hall–Kier alpha value is -1.06. The predicted octanol–water partition coefficient (Wildman–Crippen LogP) is 4.13. The van der Waals surface area contributed by atoms with Gasteiger partial charge in [0.2, 0.25) is 5.91 Å². The molecule has 2 rings (SSSR count). The number of halogens is 1. The molecule has 0 spiro atoms. The van der Waals surface area contributed by atoms with E-state index in [4.69, 9.17) is 11.6 Å². The van der Waals surface area contributed by atoms with E-state index in [9.17, 15) is 4.79 Å². The van der Waals surface area contributed by atoms with Gasteiger partial charge < -0.3 is 4.90 Å². The number of hydrogen-bond donors (Lipinski definition) is 1. The zero-order valence-corrected chi connectivity index (χ0v) is 13.7. The monoisotopic (exact) mass is 308 g/mol. The molecule has 1 saturated heterocycles. The number of carbonyl (C=O) groups is 1. The first-order valence-electron chi connectivity index (χ1n) is 7.93. The highest BCUT2D eigenvalue weighted by Gasteiger charge is 2.34. The molecule has 1 amide bonds. The molecule has 0 aromatic heterocycles. The maximum atomic E-state index is 12.2. The third-order valence-electron chi connectivity index (χ3n) is 4.13. The maximum Gasteiger partial charge on any atom is 0.238 e. The van der Waals surface area contributed by atoms with Crippen LogP contribution in [0.4, 0.5) is 0 Å². The van der Waals surface area contributed by atoms with E-state index in [0.29, 0.717) is 11.6 Å². The van der Waals surface area contributed by atoms with E-state index in [-0.39, 0.29) is 18.1 Å². The Labute approximate surface area is 132 Å². The molecule has 1 aliphatic rings. The Morgan fingerprint density at radius 2 is 2.19 bits per heavy atom.